The van der Waals surface area contributed by atoms with Gasteiger partial charge >= 0.3 is 0 Å². The molecule has 0 aliphatic carbocycles. The molecule has 2 heterocycles. The fourth-order valence-electron chi connectivity index (χ4n) is 3.04. The van der Waals surface area contributed by atoms with E-state index < -0.39 is 16.7 Å². The number of rotatable bonds is 4. The molecular weight excluding hydrogens is 454 g/mol. The molecule has 9 heteroatoms. The average molecular weight is 468 g/mol. The standard InChI is InChI=1S/C21H14BrN3O5/c1-12-3-2-4-13(9-12)24-21(27)17(20(26)23-24)11-15-6-8-19(30-15)16-7-5-14(25(28)29)10-18(16)22/h2-11H,1H3,(H,23,26). The summed E-state index contributed by atoms with van der Waals surface area (Å²) in [6.45, 7) is 1.89. The normalized spacial score (nSPS) is 15.0. The maximum atomic E-state index is 12.7. The van der Waals surface area contributed by atoms with Crippen molar-refractivity contribution in [2.75, 3.05) is 5.01 Å². The van der Waals surface area contributed by atoms with Crippen LogP contribution in [-0.4, -0.2) is 16.7 Å². The summed E-state index contributed by atoms with van der Waals surface area (Å²) in [5.41, 5.74) is 4.56. The van der Waals surface area contributed by atoms with Gasteiger partial charge in [-0.25, -0.2) is 5.01 Å². The van der Waals surface area contributed by atoms with Crippen LogP contribution in [0.15, 0.2) is 69.1 Å². The van der Waals surface area contributed by atoms with E-state index in [1.165, 1.54) is 23.2 Å². The van der Waals surface area contributed by atoms with Gasteiger partial charge in [-0.05, 0) is 64.8 Å². The minimum absolute atomic E-state index is 0.0519. The van der Waals surface area contributed by atoms with Gasteiger partial charge in [0.1, 0.15) is 17.1 Å². The summed E-state index contributed by atoms with van der Waals surface area (Å²) in [6.07, 6.45) is 1.37. The zero-order valence-electron chi connectivity index (χ0n) is 15.6. The van der Waals surface area contributed by atoms with Crippen LogP contribution in [0.25, 0.3) is 17.4 Å². The predicted octanol–water partition coefficient (Wildman–Crippen LogP) is 4.39. The smallest absolute Gasteiger partial charge is 0.282 e. The van der Waals surface area contributed by atoms with Crippen molar-refractivity contribution in [2.24, 2.45) is 0 Å². The number of non-ortho nitro benzene ring substituents is 1. The molecule has 150 valence electrons. The third-order valence-electron chi connectivity index (χ3n) is 4.49. The number of carbonyl (C=O) groups is 2. The van der Waals surface area contributed by atoms with Crippen LogP contribution in [0.2, 0.25) is 0 Å². The van der Waals surface area contributed by atoms with E-state index in [0.29, 0.717) is 27.2 Å². The van der Waals surface area contributed by atoms with Crippen LogP contribution in [0.3, 0.4) is 0 Å². The van der Waals surface area contributed by atoms with Crippen molar-refractivity contribution >= 4 is 45.2 Å². The third kappa shape index (κ3) is 3.62. The van der Waals surface area contributed by atoms with Crippen LogP contribution >= 0.6 is 15.9 Å². The van der Waals surface area contributed by atoms with E-state index in [-0.39, 0.29) is 11.3 Å². The van der Waals surface area contributed by atoms with Crippen molar-refractivity contribution < 1.29 is 18.9 Å². The van der Waals surface area contributed by atoms with Crippen LogP contribution in [0.5, 0.6) is 0 Å². The Morgan fingerprint density at radius 2 is 1.93 bits per heavy atom. The van der Waals surface area contributed by atoms with Crippen molar-refractivity contribution in [3.05, 3.63) is 86.1 Å². The van der Waals surface area contributed by atoms with E-state index in [4.69, 9.17) is 4.42 Å². The molecule has 30 heavy (non-hydrogen) atoms. The molecule has 1 aliphatic rings. The topological polar surface area (TPSA) is 106 Å². The molecule has 4 rings (SSSR count). The van der Waals surface area contributed by atoms with Crippen molar-refractivity contribution in [3.63, 3.8) is 0 Å². The fraction of sp³-hybridized carbons (Fsp3) is 0.0476. The van der Waals surface area contributed by atoms with Crippen molar-refractivity contribution in [3.8, 4) is 11.3 Å². The number of nitrogens with one attached hydrogen (secondary N) is 1. The van der Waals surface area contributed by atoms with Crippen LogP contribution < -0.4 is 10.4 Å². The lowest BCUT2D eigenvalue weighted by Gasteiger charge is -2.14. The van der Waals surface area contributed by atoms with Gasteiger partial charge in [0.2, 0.25) is 0 Å². The number of hydrazine groups is 1. The molecule has 2 aromatic carbocycles. The number of benzene rings is 2. The number of carbonyl (C=O) groups excluding carboxylic acids is 2. The van der Waals surface area contributed by atoms with Gasteiger partial charge in [-0.1, -0.05) is 12.1 Å². The lowest BCUT2D eigenvalue weighted by Crippen LogP contribution is -2.35. The van der Waals surface area contributed by atoms with E-state index in [1.54, 1.807) is 36.4 Å². The number of nitro benzene ring substituents is 1. The highest BCUT2D eigenvalue weighted by Crippen LogP contribution is 2.33. The molecule has 8 nitrogen and oxygen atoms in total. The van der Waals surface area contributed by atoms with E-state index in [0.717, 1.165) is 5.56 Å². The summed E-state index contributed by atoms with van der Waals surface area (Å²) >= 11 is 3.30. The Labute approximate surface area is 179 Å². The fourth-order valence-corrected chi connectivity index (χ4v) is 3.60. The van der Waals surface area contributed by atoms with E-state index >= 15 is 0 Å². The minimum atomic E-state index is -0.532. The van der Waals surface area contributed by atoms with Crippen molar-refractivity contribution in [1.82, 2.24) is 5.43 Å². The molecule has 0 spiro atoms. The zero-order chi connectivity index (χ0) is 21.4. The monoisotopic (exact) mass is 467 g/mol. The van der Waals surface area contributed by atoms with Crippen LogP contribution in [0.1, 0.15) is 11.3 Å². The maximum Gasteiger partial charge on any atom is 0.282 e. The van der Waals surface area contributed by atoms with Gasteiger partial charge in [-0.15, -0.1) is 0 Å². The van der Waals surface area contributed by atoms with Gasteiger partial charge in [0.25, 0.3) is 17.5 Å². The van der Waals surface area contributed by atoms with Gasteiger partial charge < -0.3 is 4.42 Å². The molecule has 1 fully saturated rings. The number of hydrogen-bond acceptors (Lipinski definition) is 5. The molecule has 0 atom stereocenters. The van der Waals surface area contributed by atoms with Gasteiger partial charge in [-0.3, -0.25) is 25.1 Å². The Bertz CT molecular complexity index is 1230. The average Bonchev–Trinajstić information content (AvgIpc) is 3.28. The molecule has 1 aromatic heterocycles. The highest BCUT2D eigenvalue weighted by molar-refractivity contribution is 9.10. The number of halogens is 1. The summed E-state index contributed by atoms with van der Waals surface area (Å²) in [5.74, 6) is -0.277. The second-order valence-electron chi connectivity index (χ2n) is 6.60. The second kappa shape index (κ2) is 7.60. The first-order valence-electron chi connectivity index (χ1n) is 8.81. The molecule has 0 saturated carbocycles. The predicted molar refractivity (Wildman–Crippen MR) is 113 cm³/mol. The first kappa shape index (κ1) is 19.6. The number of furan rings is 1. The summed E-state index contributed by atoms with van der Waals surface area (Å²) in [7, 11) is 0. The summed E-state index contributed by atoms with van der Waals surface area (Å²) in [5, 5.41) is 12.1. The number of nitro groups is 1. The molecule has 1 aliphatic heterocycles. The van der Waals surface area contributed by atoms with E-state index in [2.05, 4.69) is 21.4 Å². The van der Waals surface area contributed by atoms with Crippen LogP contribution in [-0.2, 0) is 9.59 Å². The van der Waals surface area contributed by atoms with Gasteiger partial charge in [0.05, 0.1) is 10.6 Å². The number of hydrogen-bond donors (Lipinski definition) is 1. The Balaban J connectivity index is 1.62. The number of nitrogens with zero attached hydrogens (tertiary/aromatic N) is 2. The summed E-state index contributed by atoms with van der Waals surface area (Å²) in [6, 6.07) is 14.8. The molecule has 1 saturated heterocycles. The van der Waals surface area contributed by atoms with Gasteiger partial charge in [0.15, 0.2) is 0 Å². The zero-order valence-corrected chi connectivity index (χ0v) is 17.2. The van der Waals surface area contributed by atoms with Gasteiger partial charge in [-0.2, -0.15) is 0 Å². The van der Waals surface area contributed by atoms with E-state index in [1.807, 2.05) is 13.0 Å². The van der Waals surface area contributed by atoms with Gasteiger partial charge in [0, 0.05) is 22.2 Å². The van der Waals surface area contributed by atoms with Crippen molar-refractivity contribution in [1.29, 1.82) is 0 Å². The Morgan fingerprint density at radius 1 is 1.13 bits per heavy atom. The molecule has 0 unspecified atom stereocenters. The first-order valence-corrected chi connectivity index (χ1v) is 9.61. The number of amides is 2. The SMILES string of the molecule is Cc1cccc(N2NC(=O)C(=Cc3ccc(-c4ccc([N+](=O)[O-])cc4Br)o3)C2=O)c1. The third-order valence-corrected chi connectivity index (χ3v) is 5.15. The molecule has 0 bridgehead atoms. The largest absolute Gasteiger partial charge is 0.457 e. The summed E-state index contributed by atoms with van der Waals surface area (Å²) in [4.78, 5) is 35.5. The number of aryl methyl sites for hydroxylation is 1. The molecule has 2 amide bonds. The second-order valence-corrected chi connectivity index (χ2v) is 7.46. The Morgan fingerprint density at radius 3 is 2.63 bits per heavy atom. The Hall–Kier alpha value is -3.72. The minimum Gasteiger partial charge on any atom is -0.457 e. The van der Waals surface area contributed by atoms with Crippen LogP contribution in [0.4, 0.5) is 11.4 Å². The highest BCUT2D eigenvalue weighted by atomic mass is 79.9. The molecular formula is C21H14BrN3O5. The lowest BCUT2D eigenvalue weighted by molar-refractivity contribution is -0.384. The molecule has 1 N–H and O–H groups in total. The number of anilines is 1. The van der Waals surface area contributed by atoms with Crippen molar-refractivity contribution in [2.45, 2.75) is 6.92 Å². The lowest BCUT2D eigenvalue weighted by atomic mass is 10.1. The highest BCUT2D eigenvalue weighted by Gasteiger charge is 2.34. The Kier molecular flexibility index (Phi) is 4.96. The molecule has 3 aromatic rings. The summed E-state index contributed by atoms with van der Waals surface area (Å²) < 4.78 is 6.23. The van der Waals surface area contributed by atoms with Crippen LogP contribution in [0, 0.1) is 17.0 Å². The first-order chi connectivity index (χ1) is 14.3. The van der Waals surface area contributed by atoms with E-state index in [9.17, 15) is 19.7 Å². The maximum absolute atomic E-state index is 12.7. The molecule has 0 radical (unpaired) electrons. The quantitative estimate of drug-likeness (QED) is 0.265.